The first-order valence-corrected chi connectivity index (χ1v) is 8.86. The molecule has 0 spiro atoms. The summed E-state index contributed by atoms with van der Waals surface area (Å²) >= 11 is 1.24. The highest BCUT2D eigenvalue weighted by molar-refractivity contribution is 7.91. The van der Waals surface area contributed by atoms with E-state index in [4.69, 9.17) is 4.42 Å². The summed E-state index contributed by atoms with van der Waals surface area (Å²) < 4.78 is 32.4. The zero-order valence-electron chi connectivity index (χ0n) is 11.2. The van der Waals surface area contributed by atoms with E-state index in [-0.39, 0.29) is 0 Å². The van der Waals surface area contributed by atoms with Crippen LogP contribution in [0.15, 0.2) is 27.0 Å². The van der Waals surface area contributed by atoms with Crippen molar-refractivity contribution in [3.63, 3.8) is 0 Å². The second-order valence-corrected chi connectivity index (χ2v) is 8.08. The van der Waals surface area contributed by atoms with E-state index in [1.165, 1.54) is 11.3 Å². The van der Waals surface area contributed by atoms with Gasteiger partial charge in [-0.3, -0.25) is 0 Å². The van der Waals surface area contributed by atoms with Crippen molar-refractivity contribution in [1.82, 2.24) is 9.29 Å². The van der Waals surface area contributed by atoms with E-state index in [2.05, 4.69) is 4.98 Å². The molecule has 0 aliphatic carbocycles. The maximum absolute atomic E-state index is 12.5. The Labute approximate surface area is 122 Å². The van der Waals surface area contributed by atoms with Crippen LogP contribution in [0.1, 0.15) is 25.2 Å². The van der Waals surface area contributed by atoms with Crippen LogP contribution in [0.4, 0.5) is 0 Å². The molecule has 0 aromatic carbocycles. The predicted molar refractivity (Wildman–Crippen MR) is 77.2 cm³/mol. The minimum Gasteiger partial charge on any atom is -0.440 e. The maximum atomic E-state index is 12.5. The van der Waals surface area contributed by atoms with Crippen LogP contribution in [0.2, 0.25) is 0 Å². The van der Waals surface area contributed by atoms with Gasteiger partial charge in [0, 0.05) is 20.0 Å². The number of sulfonamides is 1. The van der Waals surface area contributed by atoms with Gasteiger partial charge in [-0.05, 0) is 25.0 Å². The largest absolute Gasteiger partial charge is 0.440 e. The number of hydrogen-bond donors (Lipinski definition) is 0. The van der Waals surface area contributed by atoms with Crippen LogP contribution in [0.3, 0.4) is 0 Å². The summed E-state index contributed by atoms with van der Waals surface area (Å²) in [5.74, 6) is 1.20. The standard InChI is InChI=1S/C13H16N2O3S2/c1-10-14-9-11(18-10)12-5-6-13(19-12)20(16,17)15-7-3-2-4-8-15/h5-6,9H,2-4,7-8H2,1H3. The van der Waals surface area contributed by atoms with Crippen LogP contribution >= 0.6 is 11.3 Å². The Bertz CT molecular complexity index is 697. The molecule has 5 nitrogen and oxygen atoms in total. The number of aryl methyl sites for hydroxylation is 1. The molecule has 0 saturated carbocycles. The summed E-state index contributed by atoms with van der Waals surface area (Å²) in [5.41, 5.74) is 0. The number of oxazole rings is 1. The Kier molecular flexibility index (Phi) is 3.66. The first-order chi connectivity index (χ1) is 9.57. The third kappa shape index (κ3) is 2.53. The van der Waals surface area contributed by atoms with Gasteiger partial charge in [-0.25, -0.2) is 13.4 Å². The Morgan fingerprint density at radius 3 is 2.65 bits per heavy atom. The summed E-state index contributed by atoms with van der Waals surface area (Å²) in [6, 6.07) is 3.43. The molecule has 1 saturated heterocycles. The highest BCUT2D eigenvalue weighted by Crippen LogP contribution is 2.33. The number of aromatic nitrogens is 1. The second-order valence-electron chi connectivity index (χ2n) is 4.83. The van der Waals surface area contributed by atoms with E-state index in [9.17, 15) is 8.42 Å². The SMILES string of the molecule is Cc1ncc(-c2ccc(S(=O)(=O)N3CCCCC3)s2)o1. The third-order valence-electron chi connectivity index (χ3n) is 3.35. The van der Waals surface area contributed by atoms with Crippen LogP contribution in [0.5, 0.6) is 0 Å². The first-order valence-electron chi connectivity index (χ1n) is 6.60. The van der Waals surface area contributed by atoms with E-state index < -0.39 is 10.0 Å². The van der Waals surface area contributed by atoms with E-state index in [1.54, 1.807) is 29.6 Å². The number of hydrogen-bond acceptors (Lipinski definition) is 5. The van der Waals surface area contributed by atoms with Crippen LogP contribution < -0.4 is 0 Å². The molecule has 108 valence electrons. The molecule has 1 fully saturated rings. The molecule has 2 aromatic heterocycles. The average Bonchev–Trinajstić information content (AvgIpc) is 3.08. The van der Waals surface area contributed by atoms with Gasteiger partial charge >= 0.3 is 0 Å². The summed E-state index contributed by atoms with van der Waals surface area (Å²) in [4.78, 5) is 4.83. The van der Waals surface area contributed by atoms with Crippen LogP contribution in [0.25, 0.3) is 10.6 Å². The smallest absolute Gasteiger partial charge is 0.252 e. The van der Waals surface area contributed by atoms with E-state index in [1.807, 2.05) is 0 Å². The highest BCUT2D eigenvalue weighted by atomic mass is 32.2. The summed E-state index contributed by atoms with van der Waals surface area (Å²) in [6.07, 6.45) is 4.62. The van der Waals surface area contributed by atoms with Crippen molar-refractivity contribution in [1.29, 1.82) is 0 Å². The van der Waals surface area contributed by atoms with Gasteiger partial charge in [-0.2, -0.15) is 4.31 Å². The quantitative estimate of drug-likeness (QED) is 0.874. The van der Waals surface area contributed by atoms with E-state index in [0.717, 1.165) is 24.1 Å². The molecule has 0 amide bonds. The van der Waals surface area contributed by atoms with Crippen LogP contribution in [-0.4, -0.2) is 30.8 Å². The number of thiophene rings is 1. The van der Waals surface area contributed by atoms with Crippen LogP contribution in [0, 0.1) is 6.92 Å². The topological polar surface area (TPSA) is 63.4 Å². The van der Waals surface area contributed by atoms with E-state index >= 15 is 0 Å². The van der Waals surface area contributed by atoms with Crippen molar-refractivity contribution in [2.75, 3.05) is 13.1 Å². The molecule has 2 aromatic rings. The summed E-state index contributed by atoms with van der Waals surface area (Å²) in [6.45, 7) is 3.01. The molecular weight excluding hydrogens is 296 g/mol. The Hall–Kier alpha value is -1.18. The molecule has 1 aliphatic rings. The third-order valence-corrected chi connectivity index (χ3v) is 6.82. The van der Waals surface area contributed by atoms with Gasteiger partial charge in [0.1, 0.15) is 4.21 Å². The first kappa shape index (κ1) is 13.8. The molecule has 3 rings (SSSR count). The van der Waals surface area contributed by atoms with Crippen molar-refractivity contribution in [3.05, 3.63) is 24.2 Å². The molecule has 3 heterocycles. The molecule has 0 bridgehead atoms. The lowest BCUT2D eigenvalue weighted by molar-refractivity contribution is 0.347. The molecule has 0 N–H and O–H groups in total. The van der Waals surface area contributed by atoms with Gasteiger partial charge in [0.25, 0.3) is 10.0 Å². The van der Waals surface area contributed by atoms with Crippen molar-refractivity contribution in [3.8, 4) is 10.6 Å². The zero-order valence-corrected chi connectivity index (χ0v) is 12.8. The molecular formula is C13H16N2O3S2. The fourth-order valence-corrected chi connectivity index (χ4v) is 5.22. The van der Waals surface area contributed by atoms with Gasteiger partial charge in [0.15, 0.2) is 11.7 Å². The Morgan fingerprint density at radius 1 is 1.25 bits per heavy atom. The van der Waals surface area contributed by atoms with Gasteiger partial charge < -0.3 is 4.42 Å². The monoisotopic (exact) mass is 312 g/mol. The van der Waals surface area contributed by atoms with Gasteiger partial charge in [0.05, 0.1) is 11.1 Å². The lowest BCUT2D eigenvalue weighted by Gasteiger charge is -2.25. The van der Waals surface area contributed by atoms with Gasteiger partial charge in [-0.15, -0.1) is 11.3 Å². The van der Waals surface area contributed by atoms with Gasteiger partial charge in [0.2, 0.25) is 0 Å². The molecule has 20 heavy (non-hydrogen) atoms. The molecule has 0 unspecified atom stereocenters. The molecule has 1 aliphatic heterocycles. The minimum atomic E-state index is -3.35. The molecule has 0 radical (unpaired) electrons. The van der Waals surface area contributed by atoms with Crippen molar-refractivity contribution >= 4 is 21.4 Å². The average molecular weight is 312 g/mol. The zero-order chi connectivity index (χ0) is 14.2. The molecule has 7 heteroatoms. The predicted octanol–water partition coefficient (Wildman–Crippen LogP) is 2.89. The van der Waals surface area contributed by atoms with Gasteiger partial charge in [-0.1, -0.05) is 6.42 Å². The second kappa shape index (κ2) is 5.31. The van der Waals surface area contributed by atoms with E-state index in [0.29, 0.717) is 28.9 Å². The number of piperidine rings is 1. The fraction of sp³-hybridized carbons (Fsp3) is 0.462. The lowest BCUT2D eigenvalue weighted by atomic mass is 10.2. The van der Waals surface area contributed by atoms with Crippen molar-refractivity contribution in [2.24, 2.45) is 0 Å². The maximum Gasteiger partial charge on any atom is 0.252 e. The number of rotatable bonds is 3. The normalized spacial score (nSPS) is 17.4. The highest BCUT2D eigenvalue weighted by Gasteiger charge is 2.27. The lowest BCUT2D eigenvalue weighted by Crippen LogP contribution is -2.35. The van der Waals surface area contributed by atoms with Crippen molar-refractivity contribution < 1.29 is 12.8 Å². The fourth-order valence-electron chi connectivity index (χ4n) is 2.30. The minimum absolute atomic E-state index is 0.378. The molecule has 0 atom stereocenters. The summed E-state index contributed by atoms with van der Waals surface area (Å²) in [5, 5.41) is 0. The Morgan fingerprint density at radius 2 is 2.00 bits per heavy atom. The van der Waals surface area contributed by atoms with Crippen molar-refractivity contribution in [2.45, 2.75) is 30.4 Å². The van der Waals surface area contributed by atoms with Crippen LogP contribution in [-0.2, 0) is 10.0 Å². The number of nitrogens with zero attached hydrogens (tertiary/aromatic N) is 2. The summed E-state index contributed by atoms with van der Waals surface area (Å²) in [7, 11) is -3.35. The Balaban J connectivity index is 1.89.